The molecule has 2 aromatic rings. The van der Waals surface area contributed by atoms with Crippen molar-refractivity contribution >= 4 is 11.9 Å². The van der Waals surface area contributed by atoms with Gasteiger partial charge in [0.1, 0.15) is 11.5 Å². The zero-order chi connectivity index (χ0) is 19.3. The summed E-state index contributed by atoms with van der Waals surface area (Å²) in [4.78, 5) is 31.4. The maximum Gasteiger partial charge on any atom is 0.314 e. The molecule has 142 valence electrons. The van der Waals surface area contributed by atoms with E-state index in [0.29, 0.717) is 30.6 Å². The third-order valence-electron chi connectivity index (χ3n) is 4.94. The van der Waals surface area contributed by atoms with E-state index in [1.54, 1.807) is 54.4 Å². The highest BCUT2D eigenvalue weighted by atomic mass is 19.1. The summed E-state index contributed by atoms with van der Waals surface area (Å²) < 4.78 is 19.6. The van der Waals surface area contributed by atoms with Gasteiger partial charge in [-0.1, -0.05) is 24.3 Å². The highest BCUT2D eigenvalue weighted by Gasteiger charge is 2.45. The van der Waals surface area contributed by atoms with Crippen LogP contribution < -0.4 is 0 Å². The van der Waals surface area contributed by atoms with Crippen LogP contribution in [0.3, 0.4) is 0 Å². The predicted molar refractivity (Wildman–Crippen MR) is 98.5 cm³/mol. The number of carbonyl (C=O) groups is 2. The summed E-state index contributed by atoms with van der Waals surface area (Å²) in [6, 6.07) is 11.6. The number of aromatic nitrogens is 1. The average molecular weight is 370 g/mol. The van der Waals surface area contributed by atoms with Crippen LogP contribution in [0.2, 0.25) is 0 Å². The van der Waals surface area contributed by atoms with Crippen LogP contribution in [0.1, 0.15) is 35.8 Å². The Hall–Kier alpha value is -2.76. The minimum Gasteiger partial charge on any atom is -0.466 e. The fourth-order valence-corrected chi connectivity index (χ4v) is 3.63. The highest BCUT2D eigenvalue weighted by molar-refractivity contribution is 5.93. The van der Waals surface area contributed by atoms with Crippen LogP contribution in [-0.4, -0.2) is 41.5 Å². The second kappa shape index (κ2) is 8.29. The number of esters is 1. The summed E-state index contributed by atoms with van der Waals surface area (Å²) in [5, 5.41) is 0. The molecule has 5 nitrogen and oxygen atoms in total. The van der Waals surface area contributed by atoms with E-state index in [2.05, 4.69) is 4.98 Å². The second-order valence-electron chi connectivity index (χ2n) is 6.81. The van der Waals surface area contributed by atoms with Gasteiger partial charge in [-0.2, -0.15) is 0 Å². The van der Waals surface area contributed by atoms with Crippen LogP contribution in [0.4, 0.5) is 4.39 Å². The normalized spacial score (nSPS) is 19.6. The highest BCUT2D eigenvalue weighted by Crippen LogP contribution is 2.36. The van der Waals surface area contributed by atoms with Crippen molar-refractivity contribution in [2.24, 2.45) is 5.41 Å². The minimum atomic E-state index is -0.957. The van der Waals surface area contributed by atoms with Crippen LogP contribution in [0, 0.1) is 11.2 Å². The van der Waals surface area contributed by atoms with Gasteiger partial charge in [-0.3, -0.25) is 14.6 Å². The first kappa shape index (κ1) is 19.0. The Bertz CT molecular complexity index is 812. The molecule has 1 amide bonds. The van der Waals surface area contributed by atoms with Crippen LogP contribution in [0.25, 0.3) is 0 Å². The molecule has 1 aliphatic rings. The Balaban J connectivity index is 1.89. The molecule has 1 aromatic carbocycles. The Morgan fingerprint density at radius 3 is 2.70 bits per heavy atom. The van der Waals surface area contributed by atoms with Crippen LogP contribution in [0.5, 0.6) is 0 Å². The molecule has 3 rings (SSSR count). The van der Waals surface area contributed by atoms with E-state index in [1.807, 2.05) is 0 Å². The van der Waals surface area contributed by atoms with Gasteiger partial charge in [-0.15, -0.1) is 0 Å². The molecule has 0 N–H and O–H groups in total. The third kappa shape index (κ3) is 4.15. The smallest absolute Gasteiger partial charge is 0.314 e. The maximum absolute atomic E-state index is 14.2. The molecule has 0 spiro atoms. The summed E-state index contributed by atoms with van der Waals surface area (Å²) in [5.74, 6) is -0.960. The summed E-state index contributed by atoms with van der Waals surface area (Å²) in [7, 11) is 0. The SMILES string of the molecule is CCOC(=O)[C@@]1(Cc2ccccc2F)CCCN(C(=O)c2ccccn2)C1. The van der Waals surface area contributed by atoms with E-state index < -0.39 is 5.41 Å². The average Bonchev–Trinajstić information content (AvgIpc) is 2.70. The van der Waals surface area contributed by atoms with Crippen molar-refractivity contribution < 1.29 is 18.7 Å². The number of halogens is 1. The summed E-state index contributed by atoms with van der Waals surface area (Å²) >= 11 is 0. The first-order valence-corrected chi connectivity index (χ1v) is 9.17. The molecule has 1 fully saturated rings. The fourth-order valence-electron chi connectivity index (χ4n) is 3.63. The number of carbonyl (C=O) groups excluding carboxylic acids is 2. The van der Waals surface area contributed by atoms with Gasteiger partial charge in [-0.05, 0) is 49.9 Å². The van der Waals surface area contributed by atoms with Crippen molar-refractivity contribution in [2.75, 3.05) is 19.7 Å². The first-order chi connectivity index (χ1) is 13.1. The number of pyridine rings is 1. The van der Waals surface area contributed by atoms with E-state index in [1.165, 1.54) is 6.07 Å². The lowest BCUT2D eigenvalue weighted by atomic mass is 9.75. The Labute approximate surface area is 158 Å². The molecule has 1 atom stereocenters. The van der Waals surface area contributed by atoms with Gasteiger partial charge in [0.15, 0.2) is 0 Å². The molecular formula is C21H23FN2O3. The lowest BCUT2D eigenvalue weighted by molar-refractivity contribution is -0.158. The zero-order valence-electron chi connectivity index (χ0n) is 15.4. The Morgan fingerprint density at radius 2 is 2.00 bits per heavy atom. The summed E-state index contributed by atoms with van der Waals surface area (Å²) in [6.45, 7) is 2.71. The van der Waals surface area contributed by atoms with Crippen molar-refractivity contribution in [1.29, 1.82) is 0 Å². The van der Waals surface area contributed by atoms with Crippen LogP contribution in [0.15, 0.2) is 48.7 Å². The van der Waals surface area contributed by atoms with E-state index >= 15 is 0 Å². The Morgan fingerprint density at radius 1 is 1.22 bits per heavy atom. The molecule has 0 saturated carbocycles. The van der Waals surface area contributed by atoms with Crippen molar-refractivity contribution in [1.82, 2.24) is 9.88 Å². The van der Waals surface area contributed by atoms with Crippen molar-refractivity contribution in [3.63, 3.8) is 0 Å². The molecule has 1 aliphatic heterocycles. The molecule has 0 unspecified atom stereocenters. The van der Waals surface area contributed by atoms with Gasteiger partial charge in [-0.25, -0.2) is 4.39 Å². The molecule has 0 aliphatic carbocycles. The lowest BCUT2D eigenvalue weighted by Crippen LogP contribution is -2.51. The number of rotatable bonds is 5. The van der Waals surface area contributed by atoms with Crippen molar-refractivity contribution in [2.45, 2.75) is 26.2 Å². The molecule has 6 heteroatoms. The number of nitrogens with zero attached hydrogens (tertiary/aromatic N) is 2. The monoisotopic (exact) mass is 370 g/mol. The van der Waals surface area contributed by atoms with Gasteiger partial charge in [0.05, 0.1) is 12.0 Å². The number of piperidine rings is 1. The number of likely N-dealkylation sites (tertiary alicyclic amines) is 1. The molecule has 1 saturated heterocycles. The number of amides is 1. The van der Waals surface area contributed by atoms with Gasteiger partial charge < -0.3 is 9.64 Å². The van der Waals surface area contributed by atoms with Crippen LogP contribution >= 0.6 is 0 Å². The van der Waals surface area contributed by atoms with Gasteiger partial charge in [0, 0.05) is 19.3 Å². The molecule has 0 bridgehead atoms. The molecule has 1 aromatic heterocycles. The van der Waals surface area contributed by atoms with Gasteiger partial charge in [0.25, 0.3) is 5.91 Å². The largest absolute Gasteiger partial charge is 0.466 e. The number of benzene rings is 1. The van der Waals surface area contributed by atoms with Crippen LogP contribution in [-0.2, 0) is 16.0 Å². The molecule has 0 radical (unpaired) electrons. The van der Waals surface area contributed by atoms with Crippen molar-refractivity contribution in [3.8, 4) is 0 Å². The van der Waals surface area contributed by atoms with Gasteiger partial charge >= 0.3 is 5.97 Å². The molecule has 27 heavy (non-hydrogen) atoms. The van der Waals surface area contributed by atoms with E-state index in [9.17, 15) is 14.0 Å². The van der Waals surface area contributed by atoms with Gasteiger partial charge in [0.2, 0.25) is 0 Å². The third-order valence-corrected chi connectivity index (χ3v) is 4.94. The van der Waals surface area contributed by atoms with E-state index in [-0.39, 0.29) is 37.3 Å². The van der Waals surface area contributed by atoms with E-state index in [0.717, 1.165) is 0 Å². The lowest BCUT2D eigenvalue weighted by Gasteiger charge is -2.41. The second-order valence-corrected chi connectivity index (χ2v) is 6.81. The first-order valence-electron chi connectivity index (χ1n) is 9.17. The standard InChI is InChI=1S/C21H23FN2O3/c1-2-27-20(26)21(14-16-8-3-4-9-17(16)22)11-7-13-24(15-21)19(25)18-10-5-6-12-23-18/h3-6,8-10,12H,2,7,11,13-15H2,1H3/t21-/m1/s1. The fraction of sp³-hybridized carbons (Fsp3) is 0.381. The zero-order valence-corrected chi connectivity index (χ0v) is 15.4. The quantitative estimate of drug-likeness (QED) is 0.758. The predicted octanol–water partition coefficient (Wildman–Crippen LogP) is 3.25. The number of hydrogen-bond donors (Lipinski definition) is 0. The Kier molecular flexibility index (Phi) is 5.84. The maximum atomic E-state index is 14.2. The molecule has 2 heterocycles. The van der Waals surface area contributed by atoms with Crippen molar-refractivity contribution in [3.05, 3.63) is 65.7 Å². The molecular weight excluding hydrogens is 347 g/mol. The van der Waals surface area contributed by atoms with E-state index in [4.69, 9.17) is 4.74 Å². The topological polar surface area (TPSA) is 59.5 Å². The summed E-state index contributed by atoms with van der Waals surface area (Å²) in [5.41, 5.74) is -0.165. The number of hydrogen-bond acceptors (Lipinski definition) is 4. The minimum absolute atomic E-state index is 0.190. The number of ether oxygens (including phenoxy) is 1. The summed E-state index contributed by atoms with van der Waals surface area (Å²) in [6.07, 6.45) is 2.96.